The van der Waals surface area contributed by atoms with Gasteiger partial charge in [0.2, 0.25) is 0 Å². The van der Waals surface area contributed by atoms with Crippen LogP contribution >= 0.6 is 11.8 Å². The summed E-state index contributed by atoms with van der Waals surface area (Å²) in [6.45, 7) is 5.68. The van der Waals surface area contributed by atoms with Crippen LogP contribution in [0.3, 0.4) is 0 Å². The maximum Gasteiger partial charge on any atom is 0.337 e. The van der Waals surface area contributed by atoms with E-state index in [0.717, 1.165) is 21.8 Å². The minimum atomic E-state index is -0.426. The summed E-state index contributed by atoms with van der Waals surface area (Å²) in [6.07, 6.45) is 0. The third kappa shape index (κ3) is 3.80. The van der Waals surface area contributed by atoms with Crippen LogP contribution in [-0.4, -0.2) is 40.4 Å². The van der Waals surface area contributed by atoms with Crippen molar-refractivity contribution in [1.82, 2.24) is 20.6 Å². The average Bonchev–Trinajstić information content (AvgIpc) is 2.59. The van der Waals surface area contributed by atoms with Crippen LogP contribution in [0.25, 0.3) is 11.0 Å². The molecule has 1 aromatic heterocycles. The molecule has 2 N–H and O–H groups in total. The number of nitrogens with zero attached hydrogens (tertiary/aromatic N) is 2. The number of para-hydroxylation sites is 2. The normalized spacial score (nSPS) is 17.0. The van der Waals surface area contributed by atoms with E-state index < -0.39 is 12.0 Å². The Morgan fingerprint density at radius 2 is 1.96 bits per heavy atom. The van der Waals surface area contributed by atoms with Gasteiger partial charge in [-0.2, -0.15) is 0 Å². The molecule has 2 amide bonds. The molecule has 1 atom stereocenters. The van der Waals surface area contributed by atoms with Crippen molar-refractivity contribution in [2.24, 2.45) is 0 Å². The van der Waals surface area contributed by atoms with E-state index in [1.165, 1.54) is 11.8 Å². The number of ether oxygens (including phenoxy) is 1. The number of hydrogen-bond acceptors (Lipinski definition) is 6. The maximum atomic E-state index is 12.3. The van der Waals surface area contributed by atoms with Gasteiger partial charge in [-0.15, -0.1) is 0 Å². The van der Waals surface area contributed by atoms with Gasteiger partial charge in [0.1, 0.15) is 5.03 Å². The summed E-state index contributed by atoms with van der Waals surface area (Å²) in [7, 11) is 0. The smallest absolute Gasteiger partial charge is 0.337 e. The zero-order valence-corrected chi connectivity index (χ0v) is 15.6. The van der Waals surface area contributed by atoms with Crippen molar-refractivity contribution in [3.05, 3.63) is 41.2 Å². The number of aryl methyl sites for hydroxylation is 1. The Morgan fingerprint density at radius 1 is 1.27 bits per heavy atom. The van der Waals surface area contributed by atoms with Gasteiger partial charge in [0.15, 0.2) is 0 Å². The number of carbonyl (C=O) groups is 2. The fraction of sp³-hybridized carbons (Fsp3) is 0.333. The predicted molar refractivity (Wildman–Crippen MR) is 99.8 cm³/mol. The van der Waals surface area contributed by atoms with Crippen LogP contribution in [0.5, 0.6) is 0 Å². The Hall–Kier alpha value is -2.61. The van der Waals surface area contributed by atoms with Gasteiger partial charge in [0, 0.05) is 11.4 Å². The monoisotopic (exact) mass is 372 g/mol. The maximum absolute atomic E-state index is 12.3. The largest absolute Gasteiger partial charge is 0.463 e. The highest BCUT2D eigenvalue weighted by Gasteiger charge is 2.29. The number of aromatic nitrogens is 2. The molecule has 26 heavy (non-hydrogen) atoms. The van der Waals surface area contributed by atoms with Crippen LogP contribution in [-0.2, 0) is 9.53 Å². The zero-order chi connectivity index (χ0) is 18.7. The molecule has 0 saturated carbocycles. The summed E-state index contributed by atoms with van der Waals surface area (Å²) < 4.78 is 5.13. The highest BCUT2D eigenvalue weighted by atomic mass is 32.2. The van der Waals surface area contributed by atoms with Crippen LogP contribution in [0.1, 0.15) is 19.5 Å². The Balaban J connectivity index is 1.88. The summed E-state index contributed by atoms with van der Waals surface area (Å²) in [5.41, 5.74) is 3.43. The summed E-state index contributed by atoms with van der Waals surface area (Å²) in [5.74, 6) is -0.0378. The number of hydrogen-bond donors (Lipinski definition) is 2. The molecule has 0 unspecified atom stereocenters. The standard InChI is InChI=1S/C18H20N4O3S/c1-4-25-17(23)15-10(2)20-18(24)22-14(15)9-26-16-11(3)19-12-7-5-6-8-13(12)21-16/h5-8,10H,4,9H2,1-3H3,(H2,20,22,24)/t10-/m1/s1. The third-order valence-corrected chi connectivity index (χ3v) is 5.01. The molecule has 7 nitrogen and oxygen atoms in total. The second-order valence-corrected chi connectivity index (χ2v) is 6.79. The molecule has 0 spiro atoms. The van der Waals surface area contributed by atoms with Gasteiger partial charge in [-0.25, -0.2) is 19.6 Å². The van der Waals surface area contributed by atoms with E-state index in [4.69, 9.17) is 4.74 Å². The van der Waals surface area contributed by atoms with E-state index in [1.807, 2.05) is 31.2 Å². The summed E-state index contributed by atoms with van der Waals surface area (Å²) in [5, 5.41) is 6.17. The number of amides is 2. The van der Waals surface area contributed by atoms with E-state index in [-0.39, 0.29) is 12.6 Å². The molecule has 1 aliphatic rings. The fourth-order valence-electron chi connectivity index (χ4n) is 2.74. The van der Waals surface area contributed by atoms with Crippen molar-refractivity contribution < 1.29 is 14.3 Å². The van der Waals surface area contributed by atoms with E-state index in [1.54, 1.807) is 13.8 Å². The molecule has 136 valence electrons. The first kappa shape index (κ1) is 18.2. The molecule has 0 fully saturated rings. The molecule has 8 heteroatoms. The quantitative estimate of drug-likeness (QED) is 0.619. The van der Waals surface area contributed by atoms with Gasteiger partial charge in [-0.3, -0.25) is 0 Å². The Bertz CT molecular complexity index is 897. The van der Waals surface area contributed by atoms with Gasteiger partial charge in [-0.05, 0) is 32.9 Å². The Morgan fingerprint density at radius 3 is 2.65 bits per heavy atom. The lowest BCUT2D eigenvalue weighted by molar-refractivity contribution is -0.138. The molecule has 1 aromatic carbocycles. The summed E-state index contributed by atoms with van der Waals surface area (Å²) >= 11 is 1.43. The van der Waals surface area contributed by atoms with Crippen molar-refractivity contribution >= 4 is 34.8 Å². The van der Waals surface area contributed by atoms with Gasteiger partial charge >= 0.3 is 12.0 Å². The molecule has 1 aliphatic heterocycles. The minimum Gasteiger partial charge on any atom is -0.463 e. The highest BCUT2D eigenvalue weighted by Crippen LogP contribution is 2.26. The van der Waals surface area contributed by atoms with Gasteiger partial charge < -0.3 is 15.4 Å². The van der Waals surface area contributed by atoms with Crippen LogP contribution in [0.4, 0.5) is 4.79 Å². The average molecular weight is 372 g/mol. The fourth-order valence-corrected chi connectivity index (χ4v) is 3.67. The number of nitrogens with one attached hydrogen (secondary N) is 2. The lowest BCUT2D eigenvalue weighted by atomic mass is 10.1. The highest BCUT2D eigenvalue weighted by molar-refractivity contribution is 7.99. The van der Waals surface area contributed by atoms with Crippen LogP contribution in [0.2, 0.25) is 0 Å². The third-order valence-electron chi connectivity index (χ3n) is 3.92. The van der Waals surface area contributed by atoms with Gasteiger partial charge in [0.05, 0.1) is 34.9 Å². The van der Waals surface area contributed by atoms with Crippen molar-refractivity contribution in [1.29, 1.82) is 0 Å². The zero-order valence-electron chi connectivity index (χ0n) is 14.8. The Labute approximate surface area is 155 Å². The molecule has 0 radical (unpaired) electrons. The molecular formula is C18H20N4O3S. The topological polar surface area (TPSA) is 93.2 Å². The van der Waals surface area contributed by atoms with E-state index in [9.17, 15) is 9.59 Å². The first-order chi connectivity index (χ1) is 12.5. The number of carbonyl (C=O) groups excluding carboxylic acids is 2. The van der Waals surface area contributed by atoms with Crippen LogP contribution < -0.4 is 10.6 Å². The van der Waals surface area contributed by atoms with Crippen molar-refractivity contribution in [2.75, 3.05) is 12.4 Å². The molecule has 0 aliphatic carbocycles. The lowest BCUT2D eigenvalue weighted by Crippen LogP contribution is -2.49. The molecule has 2 aromatic rings. The van der Waals surface area contributed by atoms with E-state index in [2.05, 4.69) is 20.6 Å². The molecule has 2 heterocycles. The first-order valence-corrected chi connectivity index (χ1v) is 9.32. The molecule has 0 saturated heterocycles. The summed E-state index contributed by atoms with van der Waals surface area (Å²) in [4.78, 5) is 33.3. The SMILES string of the molecule is CCOC(=O)C1=C(CSc2nc3ccccc3nc2C)NC(=O)N[C@@H]1C. The second kappa shape index (κ2) is 7.74. The van der Waals surface area contributed by atoms with Crippen molar-refractivity contribution in [2.45, 2.75) is 31.8 Å². The second-order valence-electron chi connectivity index (χ2n) is 5.82. The number of esters is 1. The summed E-state index contributed by atoms with van der Waals surface area (Å²) in [6, 6.07) is 6.91. The van der Waals surface area contributed by atoms with Crippen molar-refractivity contribution in [3.63, 3.8) is 0 Å². The predicted octanol–water partition coefficient (Wildman–Crippen LogP) is 2.55. The first-order valence-electron chi connectivity index (χ1n) is 8.33. The van der Waals surface area contributed by atoms with E-state index >= 15 is 0 Å². The number of urea groups is 1. The molecule has 0 bridgehead atoms. The number of benzene rings is 1. The number of thioether (sulfide) groups is 1. The van der Waals surface area contributed by atoms with Gasteiger partial charge in [-0.1, -0.05) is 23.9 Å². The van der Waals surface area contributed by atoms with Gasteiger partial charge in [0.25, 0.3) is 0 Å². The lowest BCUT2D eigenvalue weighted by Gasteiger charge is -2.26. The molecular weight excluding hydrogens is 352 g/mol. The van der Waals surface area contributed by atoms with Crippen molar-refractivity contribution in [3.8, 4) is 0 Å². The molecule has 3 rings (SSSR count). The van der Waals surface area contributed by atoms with Crippen LogP contribution in [0, 0.1) is 6.92 Å². The Kier molecular flexibility index (Phi) is 5.41. The minimum absolute atomic E-state index is 0.276. The van der Waals surface area contributed by atoms with E-state index in [0.29, 0.717) is 17.0 Å². The van der Waals surface area contributed by atoms with Crippen LogP contribution in [0.15, 0.2) is 40.6 Å². The number of rotatable bonds is 5. The number of fused-ring (bicyclic) bond motifs is 1.